The number of anilines is 1. The van der Waals surface area contributed by atoms with Gasteiger partial charge in [0.1, 0.15) is 41.1 Å². The Morgan fingerprint density at radius 1 is 1.19 bits per heavy atom. The minimum absolute atomic E-state index is 0.0402. The van der Waals surface area contributed by atoms with Crippen LogP contribution in [0, 0.1) is 34.9 Å². The second kappa shape index (κ2) is 11.2. The fourth-order valence-corrected chi connectivity index (χ4v) is 5.86. The highest BCUT2D eigenvalue weighted by Crippen LogP contribution is 2.40. The molecule has 2 aromatic carbocycles. The summed E-state index contributed by atoms with van der Waals surface area (Å²) in [4.78, 5) is 22.9. The van der Waals surface area contributed by atoms with Gasteiger partial charge in [0.25, 0.3) is 5.92 Å². The van der Waals surface area contributed by atoms with Gasteiger partial charge in [-0.15, -0.1) is 0 Å². The molecule has 3 atom stereocenters. The van der Waals surface area contributed by atoms with Crippen molar-refractivity contribution in [1.82, 2.24) is 24.6 Å². The van der Waals surface area contributed by atoms with Crippen molar-refractivity contribution in [3.05, 3.63) is 60.7 Å². The second-order valence-electron chi connectivity index (χ2n) is 11.5. The van der Waals surface area contributed by atoms with E-state index in [0.717, 1.165) is 17.7 Å². The Morgan fingerprint density at radius 3 is 2.65 bits per heavy atom. The SMILES string of the molecule is CC(CC1CC1)C(C#N)C(=O)N1CC(F)(F)C[C@H]1Cn1nc(-c2ccc(Oc3ccccc3)cc2F)c2c(N)ncnc21. The van der Waals surface area contributed by atoms with Gasteiger partial charge in [0.05, 0.1) is 30.6 Å². The van der Waals surface area contributed by atoms with E-state index in [4.69, 9.17) is 10.5 Å². The Labute approximate surface area is 246 Å². The summed E-state index contributed by atoms with van der Waals surface area (Å²) in [5, 5.41) is 14.6. The number of alkyl halides is 2. The van der Waals surface area contributed by atoms with Crippen molar-refractivity contribution in [3.8, 4) is 28.8 Å². The van der Waals surface area contributed by atoms with Crippen molar-refractivity contribution in [2.24, 2.45) is 17.8 Å². The number of nitrogen functional groups attached to an aromatic ring is 1. The van der Waals surface area contributed by atoms with Crippen LogP contribution in [0.5, 0.6) is 11.5 Å². The van der Waals surface area contributed by atoms with Crippen LogP contribution in [0.1, 0.15) is 32.6 Å². The molecule has 9 nitrogen and oxygen atoms in total. The number of benzene rings is 2. The quantitative estimate of drug-likeness (QED) is 0.261. The van der Waals surface area contributed by atoms with E-state index in [1.807, 2.05) is 13.0 Å². The Kier molecular flexibility index (Phi) is 7.42. The van der Waals surface area contributed by atoms with Gasteiger partial charge < -0.3 is 15.4 Å². The molecule has 0 bridgehead atoms. The van der Waals surface area contributed by atoms with Gasteiger partial charge in [0.2, 0.25) is 5.91 Å². The molecule has 6 rings (SSSR count). The number of aromatic nitrogens is 4. The maximum absolute atomic E-state index is 15.5. The molecule has 2 aromatic heterocycles. The van der Waals surface area contributed by atoms with Crippen LogP contribution in [0.15, 0.2) is 54.9 Å². The van der Waals surface area contributed by atoms with Crippen LogP contribution in [0.25, 0.3) is 22.3 Å². The monoisotopic (exact) mass is 589 g/mol. The Hall–Kier alpha value is -4.66. The average molecular weight is 590 g/mol. The smallest absolute Gasteiger partial charge is 0.267 e. The molecule has 1 saturated heterocycles. The number of carbonyl (C=O) groups is 1. The molecule has 1 amide bonds. The van der Waals surface area contributed by atoms with Crippen LogP contribution < -0.4 is 10.5 Å². The first-order valence-corrected chi connectivity index (χ1v) is 14.2. The highest BCUT2D eigenvalue weighted by atomic mass is 19.3. The normalized spacial score (nSPS) is 19.2. The molecular weight excluding hydrogens is 559 g/mol. The summed E-state index contributed by atoms with van der Waals surface area (Å²) in [6.45, 7) is 0.886. The molecule has 0 spiro atoms. The van der Waals surface area contributed by atoms with E-state index < -0.39 is 42.6 Å². The molecule has 43 heavy (non-hydrogen) atoms. The van der Waals surface area contributed by atoms with Crippen molar-refractivity contribution in [2.45, 2.75) is 51.1 Å². The van der Waals surface area contributed by atoms with Gasteiger partial charge in [-0.05, 0) is 42.5 Å². The van der Waals surface area contributed by atoms with Crippen LogP contribution in [-0.4, -0.2) is 49.1 Å². The van der Waals surface area contributed by atoms with E-state index in [-0.39, 0.29) is 46.3 Å². The summed E-state index contributed by atoms with van der Waals surface area (Å²) in [5.41, 5.74) is 6.62. The third-order valence-corrected chi connectivity index (χ3v) is 8.15. The lowest BCUT2D eigenvalue weighted by atomic mass is 9.89. The number of rotatable bonds is 9. The van der Waals surface area contributed by atoms with E-state index in [1.54, 1.807) is 30.3 Å². The van der Waals surface area contributed by atoms with Crippen LogP contribution in [0.3, 0.4) is 0 Å². The molecular formula is C31H30F3N7O2. The van der Waals surface area contributed by atoms with Crippen molar-refractivity contribution < 1.29 is 22.7 Å². The number of amides is 1. The van der Waals surface area contributed by atoms with Gasteiger partial charge in [0.15, 0.2) is 5.65 Å². The van der Waals surface area contributed by atoms with Crippen molar-refractivity contribution >= 4 is 22.8 Å². The summed E-state index contributed by atoms with van der Waals surface area (Å²) >= 11 is 0. The summed E-state index contributed by atoms with van der Waals surface area (Å²) in [7, 11) is 0. The molecule has 2 unspecified atom stereocenters. The van der Waals surface area contributed by atoms with E-state index >= 15 is 4.39 Å². The molecule has 12 heteroatoms. The highest BCUT2D eigenvalue weighted by molar-refractivity contribution is 5.98. The van der Waals surface area contributed by atoms with Crippen LogP contribution in [-0.2, 0) is 11.3 Å². The largest absolute Gasteiger partial charge is 0.457 e. The zero-order valence-electron chi connectivity index (χ0n) is 23.5. The molecule has 1 aliphatic heterocycles. The van der Waals surface area contributed by atoms with Gasteiger partial charge in [0, 0.05) is 18.1 Å². The number of hydrogen-bond acceptors (Lipinski definition) is 7. The number of hydrogen-bond donors (Lipinski definition) is 1. The lowest BCUT2D eigenvalue weighted by Crippen LogP contribution is -2.43. The molecule has 1 saturated carbocycles. The standard InChI is InChI=1S/C31H30F3N7O2/c1-18(11-19-7-8-19)24(14-35)30(42)40-16-31(33,34)13-20(40)15-41-29-26(28(36)37-17-38-29)27(39-41)23-10-9-22(12-25(23)32)43-21-5-3-2-4-6-21/h2-6,9-10,12,17-20,24H,7-8,11,13,15-16H2,1H3,(H2,36,37,38)/t18?,20-,24?/m0/s1. The Balaban J connectivity index is 1.31. The highest BCUT2D eigenvalue weighted by Gasteiger charge is 2.49. The van der Waals surface area contributed by atoms with E-state index in [2.05, 4.69) is 21.1 Å². The maximum atomic E-state index is 15.5. The van der Waals surface area contributed by atoms with Crippen LogP contribution in [0.4, 0.5) is 19.0 Å². The Morgan fingerprint density at radius 2 is 1.95 bits per heavy atom. The molecule has 1 aliphatic carbocycles. The minimum atomic E-state index is -3.14. The molecule has 3 heterocycles. The lowest BCUT2D eigenvalue weighted by molar-refractivity contribution is -0.137. The van der Waals surface area contributed by atoms with Crippen LogP contribution >= 0.6 is 0 Å². The topological polar surface area (TPSA) is 123 Å². The number of ether oxygens (including phenoxy) is 1. The summed E-state index contributed by atoms with van der Waals surface area (Å²) < 4.78 is 52.1. The molecule has 222 valence electrons. The van der Waals surface area contributed by atoms with Crippen LogP contribution in [0.2, 0.25) is 0 Å². The van der Waals surface area contributed by atoms with E-state index in [1.165, 1.54) is 23.1 Å². The number of carbonyl (C=O) groups excluding carboxylic acids is 1. The second-order valence-corrected chi connectivity index (χ2v) is 11.5. The number of nitrogens with zero attached hydrogens (tertiary/aromatic N) is 6. The molecule has 2 aliphatic rings. The summed E-state index contributed by atoms with van der Waals surface area (Å²) in [6.07, 6.45) is 3.44. The number of nitrogens with two attached hydrogens (primary N) is 1. The number of likely N-dealkylation sites (tertiary alicyclic amines) is 1. The summed E-state index contributed by atoms with van der Waals surface area (Å²) in [6, 6.07) is 14.3. The summed E-state index contributed by atoms with van der Waals surface area (Å²) in [5.74, 6) is -4.34. The zero-order chi connectivity index (χ0) is 30.3. The van der Waals surface area contributed by atoms with Gasteiger partial charge in [-0.1, -0.05) is 38.0 Å². The fraction of sp³-hybridized carbons (Fsp3) is 0.387. The average Bonchev–Trinajstić information content (AvgIpc) is 3.63. The van der Waals surface area contributed by atoms with Crippen molar-refractivity contribution in [1.29, 1.82) is 5.26 Å². The predicted molar refractivity (Wildman–Crippen MR) is 152 cm³/mol. The third kappa shape index (κ3) is 5.84. The first kappa shape index (κ1) is 28.5. The molecule has 0 radical (unpaired) electrons. The fourth-order valence-electron chi connectivity index (χ4n) is 5.86. The number of halogens is 3. The minimum Gasteiger partial charge on any atom is -0.457 e. The third-order valence-electron chi connectivity index (χ3n) is 8.15. The number of para-hydroxylation sites is 1. The van der Waals surface area contributed by atoms with Crippen molar-refractivity contribution in [2.75, 3.05) is 12.3 Å². The van der Waals surface area contributed by atoms with Crippen molar-refractivity contribution in [3.63, 3.8) is 0 Å². The van der Waals surface area contributed by atoms with Gasteiger partial charge in [-0.25, -0.2) is 27.8 Å². The zero-order valence-corrected chi connectivity index (χ0v) is 23.5. The first-order chi connectivity index (χ1) is 20.6. The molecule has 2 fully saturated rings. The van der Waals surface area contributed by atoms with E-state index in [9.17, 15) is 18.8 Å². The molecule has 4 aromatic rings. The molecule has 2 N–H and O–H groups in total. The van der Waals surface area contributed by atoms with E-state index in [0.29, 0.717) is 18.1 Å². The first-order valence-electron chi connectivity index (χ1n) is 14.2. The predicted octanol–water partition coefficient (Wildman–Crippen LogP) is 5.82. The number of nitriles is 1. The lowest BCUT2D eigenvalue weighted by Gasteiger charge is -2.28. The Bertz CT molecular complexity index is 1700. The van der Waals surface area contributed by atoms with Gasteiger partial charge in [-0.2, -0.15) is 10.4 Å². The number of fused-ring (bicyclic) bond motifs is 1. The van der Waals surface area contributed by atoms with Gasteiger partial charge >= 0.3 is 0 Å². The maximum Gasteiger partial charge on any atom is 0.267 e. The van der Waals surface area contributed by atoms with Gasteiger partial charge in [-0.3, -0.25) is 4.79 Å².